The molecule has 2 heterocycles. The quantitative estimate of drug-likeness (QED) is 0.495. The first-order chi connectivity index (χ1) is 6.75. The summed E-state index contributed by atoms with van der Waals surface area (Å²) in [7, 11) is 0. The molecule has 0 aromatic rings. The van der Waals surface area contributed by atoms with Gasteiger partial charge in [-0.2, -0.15) is 0 Å². The van der Waals surface area contributed by atoms with E-state index in [9.17, 15) is 4.79 Å². The molecule has 84 valence electrons. The minimum atomic E-state index is -0.581. The molecule has 0 spiro atoms. The lowest BCUT2D eigenvalue weighted by Crippen LogP contribution is -2.65. The monoisotopic (exact) mass is 228 g/mol. The van der Waals surface area contributed by atoms with E-state index in [0.717, 1.165) is 6.42 Å². The van der Waals surface area contributed by atoms with Crippen LogP contribution >= 0.6 is 12.2 Å². The Balaban J connectivity index is 2.38. The van der Waals surface area contributed by atoms with Crippen LogP contribution in [0.4, 0.5) is 0 Å². The number of carbonyl (C=O) groups excluding carboxylic acids is 1. The fourth-order valence-corrected chi connectivity index (χ4v) is 3.22. The molecule has 15 heavy (non-hydrogen) atoms. The van der Waals surface area contributed by atoms with Crippen LogP contribution in [0.5, 0.6) is 0 Å². The minimum Gasteiger partial charge on any atom is -0.437 e. The Kier molecular flexibility index (Phi) is 2.02. The summed E-state index contributed by atoms with van der Waals surface area (Å²) in [5.74, 6) is -0.195. The summed E-state index contributed by atoms with van der Waals surface area (Å²) in [4.78, 5) is 13.4. The van der Waals surface area contributed by atoms with Crippen molar-refractivity contribution in [2.75, 3.05) is 0 Å². The Labute approximate surface area is 95.0 Å². The fourth-order valence-electron chi connectivity index (χ4n) is 2.59. The topological polar surface area (TPSA) is 41.6 Å². The number of hydrogen-bond acceptors (Lipinski definition) is 3. The van der Waals surface area contributed by atoms with Gasteiger partial charge in [-0.05, 0) is 39.9 Å². The second-order valence-electron chi connectivity index (χ2n) is 5.13. The summed E-state index contributed by atoms with van der Waals surface area (Å²) in [6.45, 7) is 7.85. The van der Waals surface area contributed by atoms with E-state index in [1.54, 1.807) is 0 Å². The third kappa shape index (κ3) is 1.49. The molecule has 1 N–H and O–H groups in total. The van der Waals surface area contributed by atoms with Crippen molar-refractivity contribution in [2.24, 2.45) is 0 Å². The second kappa shape index (κ2) is 2.84. The Morgan fingerprint density at radius 2 is 2.13 bits per heavy atom. The molecule has 5 heteroatoms. The van der Waals surface area contributed by atoms with Crippen molar-refractivity contribution in [1.29, 1.82) is 0 Å². The Morgan fingerprint density at radius 1 is 1.53 bits per heavy atom. The minimum absolute atomic E-state index is 0.132. The molecular formula is C10H16N2O2S. The van der Waals surface area contributed by atoms with Crippen molar-refractivity contribution in [3.8, 4) is 0 Å². The number of thiocarbonyl (C=S) groups is 1. The van der Waals surface area contributed by atoms with E-state index in [1.807, 2.05) is 18.7 Å². The zero-order valence-corrected chi connectivity index (χ0v) is 10.3. The molecule has 2 aliphatic heterocycles. The van der Waals surface area contributed by atoms with Crippen molar-refractivity contribution < 1.29 is 9.53 Å². The van der Waals surface area contributed by atoms with Gasteiger partial charge in [0.1, 0.15) is 6.04 Å². The third-order valence-electron chi connectivity index (χ3n) is 2.99. The molecule has 2 aliphatic rings. The number of esters is 1. The van der Waals surface area contributed by atoms with Crippen LogP contribution < -0.4 is 5.32 Å². The van der Waals surface area contributed by atoms with E-state index in [1.165, 1.54) is 0 Å². The highest BCUT2D eigenvalue weighted by molar-refractivity contribution is 7.80. The van der Waals surface area contributed by atoms with Gasteiger partial charge in [0.05, 0.1) is 0 Å². The van der Waals surface area contributed by atoms with Gasteiger partial charge in [0.25, 0.3) is 0 Å². The fraction of sp³-hybridized carbons (Fsp3) is 0.800. The largest absolute Gasteiger partial charge is 0.437 e. The first-order valence-electron chi connectivity index (χ1n) is 5.10. The maximum atomic E-state index is 11.6. The number of nitrogens with zero attached hydrogens (tertiary/aromatic N) is 1. The molecule has 0 bridgehead atoms. The van der Waals surface area contributed by atoms with Crippen LogP contribution in [0.15, 0.2) is 0 Å². The molecule has 0 saturated carbocycles. The smallest absolute Gasteiger partial charge is 0.330 e. The van der Waals surface area contributed by atoms with Gasteiger partial charge < -0.3 is 10.1 Å². The first kappa shape index (κ1) is 10.7. The van der Waals surface area contributed by atoms with E-state index in [-0.39, 0.29) is 17.6 Å². The number of nitrogens with one attached hydrogen (secondary N) is 1. The van der Waals surface area contributed by atoms with Crippen LogP contribution in [-0.4, -0.2) is 33.3 Å². The average molecular weight is 228 g/mol. The zero-order chi connectivity index (χ0) is 11.4. The summed E-state index contributed by atoms with van der Waals surface area (Å²) in [5.41, 5.74) is -0.713. The van der Waals surface area contributed by atoms with E-state index >= 15 is 0 Å². The van der Waals surface area contributed by atoms with Crippen LogP contribution in [0.25, 0.3) is 0 Å². The molecule has 0 radical (unpaired) electrons. The Hall–Kier alpha value is -0.840. The Bertz CT molecular complexity index is 342. The average Bonchev–Trinajstić information content (AvgIpc) is 2.18. The lowest BCUT2D eigenvalue weighted by molar-refractivity contribution is -0.153. The molecule has 4 nitrogen and oxygen atoms in total. The van der Waals surface area contributed by atoms with Crippen molar-refractivity contribution in [3.05, 3.63) is 0 Å². The van der Waals surface area contributed by atoms with Crippen molar-refractivity contribution >= 4 is 23.3 Å². The Morgan fingerprint density at radius 3 is 2.73 bits per heavy atom. The molecule has 0 unspecified atom stereocenters. The zero-order valence-electron chi connectivity index (χ0n) is 9.46. The normalized spacial score (nSPS) is 38.4. The van der Waals surface area contributed by atoms with Crippen LogP contribution in [0, 0.1) is 0 Å². The van der Waals surface area contributed by atoms with Crippen LogP contribution in [0.2, 0.25) is 0 Å². The van der Waals surface area contributed by atoms with E-state index in [4.69, 9.17) is 17.0 Å². The molecular weight excluding hydrogens is 212 g/mol. The van der Waals surface area contributed by atoms with Gasteiger partial charge >= 0.3 is 5.97 Å². The van der Waals surface area contributed by atoms with E-state index < -0.39 is 5.72 Å². The first-order valence-corrected chi connectivity index (χ1v) is 5.50. The van der Waals surface area contributed by atoms with E-state index in [2.05, 4.69) is 19.2 Å². The lowest BCUT2D eigenvalue weighted by atomic mass is 9.90. The number of hydrogen-bond donors (Lipinski definition) is 1. The highest BCUT2D eigenvalue weighted by Crippen LogP contribution is 2.38. The predicted octanol–water partition coefficient (Wildman–Crippen LogP) is 1.01. The molecule has 2 fully saturated rings. The van der Waals surface area contributed by atoms with Gasteiger partial charge in [0.2, 0.25) is 0 Å². The molecule has 2 rings (SSSR count). The molecule has 0 aliphatic carbocycles. The SMILES string of the molecule is C[C@H]1C(=O)O[C@]2(C)CC(C)(C)NC(=S)N12. The standard InChI is InChI=1S/C10H16N2O2S/c1-6-7(13)14-10(4)5-9(2,3)11-8(15)12(6)10/h6H,5H2,1-4H3,(H,11,15)/t6-,10+/m0/s1. The summed E-state index contributed by atoms with van der Waals surface area (Å²) in [6.07, 6.45) is 0.732. The summed E-state index contributed by atoms with van der Waals surface area (Å²) < 4.78 is 5.43. The number of carbonyl (C=O) groups is 1. The van der Waals surface area contributed by atoms with Gasteiger partial charge in [-0.25, -0.2) is 4.79 Å². The van der Waals surface area contributed by atoms with Gasteiger partial charge in [-0.15, -0.1) is 0 Å². The lowest BCUT2D eigenvalue weighted by Gasteiger charge is -2.47. The number of ether oxygens (including phenoxy) is 1. The maximum absolute atomic E-state index is 11.6. The molecule has 2 atom stereocenters. The van der Waals surface area contributed by atoms with Crippen molar-refractivity contribution in [2.45, 2.75) is 51.4 Å². The van der Waals surface area contributed by atoms with Gasteiger partial charge in [0, 0.05) is 12.0 Å². The summed E-state index contributed by atoms with van der Waals surface area (Å²) in [5, 5.41) is 3.83. The van der Waals surface area contributed by atoms with Crippen LogP contribution in [0.1, 0.15) is 34.1 Å². The summed E-state index contributed by atoms with van der Waals surface area (Å²) in [6, 6.07) is -0.286. The van der Waals surface area contributed by atoms with Gasteiger partial charge in [0.15, 0.2) is 10.8 Å². The molecule has 0 aromatic heterocycles. The van der Waals surface area contributed by atoms with Crippen LogP contribution in [0.3, 0.4) is 0 Å². The maximum Gasteiger partial charge on any atom is 0.330 e. The van der Waals surface area contributed by atoms with Crippen LogP contribution in [-0.2, 0) is 9.53 Å². The molecule has 0 amide bonds. The third-order valence-corrected chi connectivity index (χ3v) is 3.29. The highest BCUT2D eigenvalue weighted by Gasteiger charge is 2.55. The molecule has 2 saturated heterocycles. The highest BCUT2D eigenvalue weighted by atomic mass is 32.1. The summed E-state index contributed by atoms with van der Waals surface area (Å²) >= 11 is 5.28. The number of fused-ring (bicyclic) bond motifs is 1. The number of rotatable bonds is 0. The predicted molar refractivity (Wildman–Crippen MR) is 60.2 cm³/mol. The van der Waals surface area contributed by atoms with Crippen molar-refractivity contribution in [1.82, 2.24) is 10.2 Å². The van der Waals surface area contributed by atoms with Gasteiger partial charge in [-0.3, -0.25) is 4.90 Å². The van der Waals surface area contributed by atoms with Gasteiger partial charge in [-0.1, -0.05) is 0 Å². The molecule has 0 aromatic carbocycles. The van der Waals surface area contributed by atoms with E-state index in [0.29, 0.717) is 5.11 Å². The second-order valence-corrected chi connectivity index (χ2v) is 5.52. The van der Waals surface area contributed by atoms with Crippen molar-refractivity contribution in [3.63, 3.8) is 0 Å².